The van der Waals surface area contributed by atoms with Gasteiger partial charge in [-0.25, -0.2) is 0 Å². The fourth-order valence-electron chi connectivity index (χ4n) is 2.21. The van der Waals surface area contributed by atoms with Gasteiger partial charge in [0, 0.05) is 18.7 Å². The molecule has 0 amide bonds. The zero-order valence-corrected chi connectivity index (χ0v) is 12.2. The second-order valence-corrected chi connectivity index (χ2v) is 5.62. The molecule has 1 aromatic carbocycles. The highest BCUT2D eigenvalue weighted by molar-refractivity contribution is 5.24. The molecule has 0 fully saturated rings. The first-order valence-electron chi connectivity index (χ1n) is 7.14. The van der Waals surface area contributed by atoms with E-state index < -0.39 is 6.10 Å². The lowest BCUT2D eigenvalue weighted by Crippen LogP contribution is -2.20. The van der Waals surface area contributed by atoms with Crippen molar-refractivity contribution in [2.24, 2.45) is 5.92 Å². The van der Waals surface area contributed by atoms with Gasteiger partial charge < -0.3 is 14.8 Å². The first-order chi connectivity index (χ1) is 9.65. The summed E-state index contributed by atoms with van der Waals surface area (Å²) in [5.41, 5.74) is 3.36. The van der Waals surface area contributed by atoms with E-state index in [1.807, 2.05) is 18.2 Å². The summed E-state index contributed by atoms with van der Waals surface area (Å²) in [5, 5.41) is 13.4. The second-order valence-electron chi connectivity index (χ2n) is 5.62. The van der Waals surface area contributed by atoms with Crippen LogP contribution in [-0.2, 0) is 13.0 Å². The van der Waals surface area contributed by atoms with Gasteiger partial charge in [0.1, 0.15) is 0 Å². The summed E-state index contributed by atoms with van der Waals surface area (Å²) >= 11 is 0. The molecule has 0 aliphatic rings. The van der Waals surface area contributed by atoms with Crippen molar-refractivity contribution in [1.29, 1.82) is 0 Å². The number of nitrogens with one attached hydrogen (secondary N) is 1. The highest BCUT2D eigenvalue weighted by Gasteiger charge is 2.07. The number of rotatable bonds is 7. The molecule has 0 bridgehead atoms. The van der Waals surface area contributed by atoms with Crippen LogP contribution in [0.3, 0.4) is 0 Å². The van der Waals surface area contributed by atoms with E-state index in [1.54, 1.807) is 12.5 Å². The van der Waals surface area contributed by atoms with E-state index in [1.165, 1.54) is 5.56 Å². The number of aliphatic hydroxyl groups is 1. The number of aliphatic hydroxyl groups excluding tert-OH is 1. The molecule has 0 spiro atoms. The molecule has 2 N–H and O–H groups in total. The third-order valence-electron chi connectivity index (χ3n) is 3.26. The van der Waals surface area contributed by atoms with Crippen LogP contribution in [0, 0.1) is 5.92 Å². The Hall–Kier alpha value is -1.58. The van der Waals surface area contributed by atoms with E-state index in [0.29, 0.717) is 19.0 Å². The van der Waals surface area contributed by atoms with Crippen LogP contribution in [0.25, 0.3) is 0 Å². The Morgan fingerprint density at radius 1 is 1.10 bits per heavy atom. The summed E-state index contributed by atoms with van der Waals surface area (Å²) in [7, 11) is 0. The fraction of sp³-hybridized carbons (Fsp3) is 0.412. The Labute approximate surface area is 120 Å². The van der Waals surface area contributed by atoms with E-state index in [4.69, 9.17) is 4.42 Å². The molecule has 108 valence electrons. The molecule has 2 aromatic rings. The Balaban J connectivity index is 1.81. The maximum absolute atomic E-state index is 10.1. The summed E-state index contributed by atoms with van der Waals surface area (Å²) < 4.78 is 5.00. The van der Waals surface area contributed by atoms with Crippen molar-refractivity contribution in [3.8, 4) is 0 Å². The van der Waals surface area contributed by atoms with Crippen molar-refractivity contribution in [2.45, 2.75) is 32.9 Å². The summed E-state index contributed by atoms with van der Waals surface area (Å²) in [6.45, 7) is 5.67. The molecule has 0 radical (unpaired) electrons. The Kier molecular flexibility index (Phi) is 5.39. The van der Waals surface area contributed by atoms with Gasteiger partial charge in [0.05, 0.1) is 18.6 Å². The molecule has 1 unspecified atom stereocenters. The van der Waals surface area contributed by atoms with E-state index in [0.717, 1.165) is 17.5 Å². The van der Waals surface area contributed by atoms with Crippen molar-refractivity contribution in [1.82, 2.24) is 5.32 Å². The van der Waals surface area contributed by atoms with Gasteiger partial charge >= 0.3 is 0 Å². The molecule has 20 heavy (non-hydrogen) atoms. The minimum atomic E-state index is -0.477. The summed E-state index contributed by atoms with van der Waals surface area (Å²) in [6.07, 6.45) is 3.96. The van der Waals surface area contributed by atoms with Crippen molar-refractivity contribution < 1.29 is 9.52 Å². The predicted molar refractivity (Wildman–Crippen MR) is 80.4 cm³/mol. The lowest BCUT2D eigenvalue weighted by atomic mass is 10.0. The minimum Gasteiger partial charge on any atom is -0.472 e. The van der Waals surface area contributed by atoms with Gasteiger partial charge in [0.2, 0.25) is 0 Å². The number of benzene rings is 1. The van der Waals surface area contributed by atoms with E-state index in [-0.39, 0.29) is 0 Å². The van der Waals surface area contributed by atoms with Crippen LogP contribution in [0.4, 0.5) is 0 Å². The average molecular weight is 273 g/mol. The van der Waals surface area contributed by atoms with Crippen LogP contribution in [0.1, 0.15) is 36.6 Å². The molecular formula is C17H23NO2. The van der Waals surface area contributed by atoms with Crippen LogP contribution >= 0.6 is 0 Å². The molecule has 3 nitrogen and oxygen atoms in total. The maximum atomic E-state index is 10.1. The van der Waals surface area contributed by atoms with Crippen molar-refractivity contribution in [3.63, 3.8) is 0 Å². The Morgan fingerprint density at radius 2 is 1.85 bits per heavy atom. The molecule has 0 saturated heterocycles. The molecule has 0 saturated carbocycles. The molecule has 1 atom stereocenters. The van der Waals surface area contributed by atoms with Gasteiger partial charge in [-0.2, -0.15) is 0 Å². The largest absolute Gasteiger partial charge is 0.472 e. The topological polar surface area (TPSA) is 45.4 Å². The van der Waals surface area contributed by atoms with Gasteiger partial charge in [-0.05, 0) is 29.5 Å². The van der Waals surface area contributed by atoms with Crippen LogP contribution in [0.5, 0.6) is 0 Å². The van der Waals surface area contributed by atoms with Gasteiger partial charge in [-0.1, -0.05) is 38.1 Å². The number of furan rings is 1. The van der Waals surface area contributed by atoms with Crippen LogP contribution < -0.4 is 5.32 Å². The maximum Gasteiger partial charge on any atom is 0.0947 e. The van der Waals surface area contributed by atoms with Crippen molar-refractivity contribution in [3.05, 3.63) is 59.5 Å². The second kappa shape index (κ2) is 7.27. The predicted octanol–water partition coefficient (Wildman–Crippen LogP) is 3.30. The lowest BCUT2D eigenvalue weighted by Gasteiger charge is -2.13. The summed E-state index contributed by atoms with van der Waals surface area (Å²) in [6, 6.07) is 10.2. The van der Waals surface area contributed by atoms with Crippen LogP contribution in [0.15, 0.2) is 47.3 Å². The van der Waals surface area contributed by atoms with Gasteiger partial charge in [0.25, 0.3) is 0 Å². The van der Waals surface area contributed by atoms with Crippen molar-refractivity contribution in [2.75, 3.05) is 6.54 Å². The normalized spacial score (nSPS) is 12.8. The zero-order valence-electron chi connectivity index (χ0n) is 12.2. The molecule has 1 aromatic heterocycles. The monoisotopic (exact) mass is 273 g/mol. The Morgan fingerprint density at radius 3 is 2.45 bits per heavy atom. The molecule has 0 aliphatic carbocycles. The zero-order chi connectivity index (χ0) is 14.4. The smallest absolute Gasteiger partial charge is 0.0947 e. The highest BCUT2D eigenvalue weighted by Crippen LogP contribution is 2.15. The van der Waals surface area contributed by atoms with Gasteiger partial charge in [-0.15, -0.1) is 0 Å². The number of hydrogen-bond acceptors (Lipinski definition) is 3. The van der Waals surface area contributed by atoms with E-state index in [2.05, 4.69) is 31.3 Å². The average Bonchev–Trinajstić information content (AvgIpc) is 2.92. The third-order valence-corrected chi connectivity index (χ3v) is 3.26. The van der Waals surface area contributed by atoms with Gasteiger partial charge in [0.15, 0.2) is 0 Å². The highest BCUT2D eigenvalue weighted by atomic mass is 16.3. The first-order valence-corrected chi connectivity index (χ1v) is 7.14. The van der Waals surface area contributed by atoms with Crippen LogP contribution in [0.2, 0.25) is 0 Å². The quantitative estimate of drug-likeness (QED) is 0.813. The molecule has 2 rings (SSSR count). The molecule has 1 heterocycles. The summed E-state index contributed by atoms with van der Waals surface area (Å²) in [5.74, 6) is 0.655. The molecule has 0 aliphatic heterocycles. The minimum absolute atomic E-state index is 0.477. The van der Waals surface area contributed by atoms with Crippen molar-refractivity contribution >= 4 is 0 Å². The standard InChI is InChI=1S/C17H23NO2/c1-13(2)9-14-3-5-16(6-4-14)17(19)11-18-10-15-7-8-20-12-15/h3-8,12-13,17-19H,9-11H2,1-2H3. The fourth-order valence-corrected chi connectivity index (χ4v) is 2.21. The van der Waals surface area contributed by atoms with E-state index in [9.17, 15) is 5.11 Å². The molecule has 3 heteroatoms. The third kappa shape index (κ3) is 4.51. The van der Waals surface area contributed by atoms with E-state index >= 15 is 0 Å². The van der Waals surface area contributed by atoms with Gasteiger partial charge in [-0.3, -0.25) is 0 Å². The molecular weight excluding hydrogens is 250 g/mol. The number of hydrogen-bond donors (Lipinski definition) is 2. The van der Waals surface area contributed by atoms with Crippen LogP contribution in [-0.4, -0.2) is 11.7 Å². The lowest BCUT2D eigenvalue weighted by molar-refractivity contribution is 0.174. The Bertz CT molecular complexity index is 488. The first kappa shape index (κ1) is 14.8. The summed E-state index contributed by atoms with van der Waals surface area (Å²) in [4.78, 5) is 0. The SMILES string of the molecule is CC(C)Cc1ccc(C(O)CNCc2ccoc2)cc1.